The molecule has 108 valence electrons. The molecule has 0 aromatic carbocycles. The fourth-order valence-corrected chi connectivity index (χ4v) is 2.65. The molecule has 0 spiro atoms. The van der Waals surface area contributed by atoms with E-state index in [1.165, 1.54) is 11.1 Å². The number of rotatable bonds is 7. The number of hydrogen-bond donors (Lipinski definition) is 1. The minimum Gasteiger partial charge on any atom is -0.355 e. The van der Waals surface area contributed by atoms with Gasteiger partial charge in [-0.15, -0.1) is 0 Å². The maximum absolute atomic E-state index is 4.55. The van der Waals surface area contributed by atoms with Gasteiger partial charge in [0.1, 0.15) is 5.82 Å². The van der Waals surface area contributed by atoms with Gasteiger partial charge < -0.3 is 10.2 Å². The zero-order chi connectivity index (χ0) is 14.4. The number of nitrogens with one attached hydrogen (secondary N) is 1. The second kappa shape index (κ2) is 7.41. The number of nitrogens with zero attached hydrogens (tertiary/aromatic N) is 2. The Kier molecular flexibility index (Phi) is 5.56. The Morgan fingerprint density at radius 2 is 2.10 bits per heavy atom. The summed E-state index contributed by atoms with van der Waals surface area (Å²) in [6.07, 6.45) is 1.97. The van der Waals surface area contributed by atoms with Crippen LogP contribution >= 0.6 is 11.3 Å². The van der Waals surface area contributed by atoms with E-state index in [1.807, 2.05) is 6.20 Å². The van der Waals surface area contributed by atoms with E-state index in [0.717, 1.165) is 25.5 Å². The average Bonchev–Trinajstić information content (AvgIpc) is 2.92. The third-order valence-corrected chi connectivity index (χ3v) is 3.81. The van der Waals surface area contributed by atoms with Gasteiger partial charge in [0.05, 0.1) is 0 Å². The lowest BCUT2D eigenvalue weighted by Crippen LogP contribution is -2.20. The molecule has 0 atom stereocenters. The molecule has 0 radical (unpaired) electrons. The SMILES string of the molecule is CC(C)CNCc1ccc(N(C)Cc2ccsc2)nc1. The summed E-state index contributed by atoms with van der Waals surface area (Å²) in [7, 11) is 2.08. The first-order valence-electron chi connectivity index (χ1n) is 7.03. The largest absolute Gasteiger partial charge is 0.355 e. The van der Waals surface area contributed by atoms with Crippen LogP contribution in [0.25, 0.3) is 0 Å². The smallest absolute Gasteiger partial charge is 0.128 e. The Balaban J connectivity index is 1.87. The molecule has 0 amide bonds. The molecule has 20 heavy (non-hydrogen) atoms. The molecule has 0 bridgehead atoms. The lowest BCUT2D eigenvalue weighted by atomic mass is 10.2. The zero-order valence-electron chi connectivity index (χ0n) is 12.5. The Labute approximate surface area is 125 Å². The topological polar surface area (TPSA) is 28.2 Å². The van der Waals surface area contributed by atoms with E-state index < -0.39 is 0 Å². The van der Waals surface area contributed by atoms with Gasteiger partial charge in [-0.2, -0.15) is 11.3 Å². The minimum absolute atomic E-state index is 0.680. The molecule has 2 aromatic rings. The summed E-state index contributed by atoms with van der Waals surface area (Å²) in [5.74, 6) is 1.70. The predicted molar refractivity (Wildman–Crippen MR) is 87.2 cm³/mol. The van der Waals surface area contributed by atoms with Crippen LogP contribution in [0.15, 0.2) is 35.2 Å². The third kappa shape index (κ3) is 4.62. The van der Waals surface area contributed by atoms with Crippen molar-refractivity contribution in [2.75, 3.05) is 18.5 Å². The molecular formula is C16H23N3S. The molecule has 1 N–H and O–H groups in total. The fourth-order valence-electron chi connectivity index (χ4n) is 1.99. The molecule has 2 heterocycles. The Morgan fingerprint density at radius 3 is 2.70 bits per heavy atom. The number of hydrogen-bond acceptors (Lipinski definition) is 4. The van der Waals surface area contributed by atoms with Crippen molar-refractivity contribution in [3.63, 3.8) is 0 Å². The highest BCUT2D eigenvalue weighted by atomic mass is 32.1. The van der Waals surface area contributed by atoms with E-state index in [2.05, 4.69) is 65.1 Å². The van der Waals surface area contributed by atoms with Gasteiger partial charge in [-0.3, -0.25) is 0 Å². The second-order valence-corrected chi connectivity index (χ2v) is 6.32. The molecule has 0 aliphatic carbocycles. The number of pyridine rings is 1. The van der Waals surface area contributed by atoms with Gasteiger partial charge in [0.15, 0.2) is 0 Å². The molecule has 0 unspecified atom stereocenters. The number of thiophene rings is 1. The standard InChI is InChI=1S/C16H23N3S/c1-13(2)8-17-9-14-4-5-16(18-10-14)19(3)11-15-6-7-20-12-15/h4-7,10,12-13,17H,8-9,11H2,1-3H3. The lowest BCUT2D eigenvalue weighted by molar-refractivity contribution is 0.552. The van der Waals surface area contributed by atoms with Crippen LogP contribution in [-0.4, -0.2) is 18.6 Å². The van der Waals surface area contributed by atoms with Crippen LogP contribution in [-0.2, 0) is 13.1 Å². The second-order valence-electron chi connectivity index (χ2n) is 5.54. The molecule has 3 nitrogen and oxygen atoms in total. The highest BCUT2D eigenvalue weighted by molar-refractivity contribution is 7.07. The quantitative estimate of drug-likeness (QED) is 0.845. The van der Waals surface area contributed by atoms with E-state index in [0.29, 0.717) is 5.92 Å². The van der Waals surface area contributed by atoms with Gasteiger partial charge in [0.25, 0.3) is 0 Å². The van der Waals surface area contributed by atoms with Crippen molar-refractivity contribution in [3.8, 4) is 0 Å². The molecule has 2 aromatic heterocycles. The Morgan fingerprint density at radius 1 is 1.25 bits per heavy atom. The summed E-state index contributed by atoms with van der Waals surface area (Å²) in [4.78, 5) is 6.72. The molecule has 2 rings (SSSR count). The van der Waals surface area contributed by atoms with Crippen molar-refractivity contribution in [1.82, 2.24) is 10.3 Å². The van der Waals surface area contributed by atoms with Gasteiger partial charge in [-0.1, -0.05) is 19.9 Å². The predicted octanol–water partition coefficient (Wildman–Crippen LogP) is 3.53. The van der Waals surface area contributed by atoms with E-state index in [4.69, 9.17) is 0 Å². The molecule has 0 aliphatic heterocycles. The molecular weight excluding hydrogens is 266 g/mol. The normalized spacial score (nSPS) is 11.0. The van der Waals surface area contributed by atoms with E-state index in [-0.39, 0.29) is 0 Å². The molecule has 0 fully saturated rings. The van der Waals surface area contributed by atoms with Crippen molar-refractivity contribution in [1.29, 1.82) is 0 Å². The first-order valence-corrected chi connectivity index (χ1v) is 7.97. The maximum Gasteiger partial charge on any atom is 0.128 e. The number of aromatic nitrogens is 1. The van der Waals surface area contributed by atoms with Crippen LogP contribution in [0.2, 0.25) is 0 Å². The maximum atomic E-state index is 4.55. The third-order valence-electron chi connectivity index (χ3n) is 3.08. The average molecular weight is 289 g/mol. The van der Waals surface area contributed by atoms with Crippen LogP contribution in [0, 0.1) is 5.92 Å². The summed E-state index contributed by atoms with van der Waals surface area (Å²) in [6.45, 7) is 7.27. The van der Waals surface area contributed by atoms with Crippen molar-refractivity contribution >= 4 is 17.2 Å². The molecule has 0 aliphatic rings. The van der Waals surface area contributed by atoms with Crippen LogP contribution in [0.1, 0.15) is 25.0 Å². The number of anilines is 1. The van der Waals surface area contributed by atoms with Gasteiger partial charge in [0.2, 0.25) is 0 Å². The van der Waals surface area contributed by atoms with Gasteiger partial charge in [-0.05, 0) is 46.5 Å². The Bertz CT molecular complexity index is 491. The Hall–Kier alpha value is -1.39. The summed E-state index contributed by atoms with van der Waals surface area (Å²) in [5.41, 5.74) is 2.57. The zero-order valence-corrected chi connectivity index (χ0v) is 13.3. The van der Waals surface area contributed by atoms with Gasteiger partial charge in [-0.25, -0.2) is 4.98 Å². The summed E-state index contributed by atoms with van der Waals surface area (Å²) in [5, 5.41) is 7.73. The van der Waals surface area contributed by atoms with Crippen LogP contribution in [0.4, 0.5) is 5.82 Å². The van der Waals surface area contributed by atoms with Crippen molar-refractivity contribution < 1.29 is 0 Å². The fraction of sp³-hybridized carbons (Fsp3) is 0.438. The summed E-state index contributed by atoms with van der Waals surface area (Å²) < 4.78 is 0. The summed E-state index contributed by atoms with van der Waals surface area (Å²) in [6, 6.07) is 6.41. The van der Waals surface area contributed by atoms with Crippen LogP contribution in [0.3, 0.4) is 0 Å². The first-order chi connectivity index (χ1) is 9.65. The first kappa shape index (κ1) is 15.0. The lowest BCUT2D eigenvalue weighted by Gasteiger charge is -2.17. The highest BCUT2D eigenvalue weighted by Gasteiger charge is 2.04. The van der Waals surface area contributed by atoms with Gasteiger partial charge >= 0.3 is 0 Å². The van der Waals surface area contributed by atoms with E-state index in [9.17, 15) is 0 Å². The minimum atomic E-state index is 0.680. The molecule has 4 heteroatoms. The summed E-state index contributed by atoms with van der Waals surface area (Å²) >= 11 is 1.74. The van der Waals surface area contributed by atoms with Crippen molar-refractivity contribution in [2.45, 2.75) is 26.9 Å². The molecule has 0 saturated carbocycles. The monoisotopic (exact) mass is 289 g/mol. The van der Waals surface area contributed by atoms with Crippen LogP contribution < -0.4 is 10.2 Å². The highest BCUT2D eigenvalue weighted by Crippen LogP contribution is 2.15. The van der Waals surface area contributed by atoms with Crippen LogP contribution in [0.5, 0.6) is 0 Å². The van der Waals surface area contributed by atoms with E-state index in [1.54, 1.807) is 11.3 Å². The van der Waals surface area contributed by atoms with E-state index >= 15 is 0 Å². The van der Waals surface area contributed by atoms with Crippen molar-refractivity contribution in [3.05, 3.63) is 46.3 Å². The van der Waals surface area contributed by atoms with Gasteiger partial charge in [0, 0.05) is 26.3 Å². The van der Waals surface area contributed by atoms with Crippen molar-refractivity contribution in [2.24, 2.45) is 5.92 Å². The molecule has 0 saturated heterocycles.